The molecule has 2 rings (SSSR count). The Labute approximate surface area is 197 Å². The average molecular weight is 516 g/mol. The lowest BCUT2D eigenvalue weighted by atomic mass is 9.90. The highest BCUT2D eigenvalue weighted by atomic mass is 32.2. The summed E-state index contributed by atoms with van der Waals surface area (Å²) in [6.45, 7) is 4.09. The van der Waals surface area contributed by atoms with Gasteiger partial charge in [-0.15, -0.1) is 0 Å². The molecule has 0 radical (unpaired) electrons. The molecule has 8 nitrogen and oxygen atoms in total. The molecule has 2 aromatic carbocycles. The van der Waals surface area contributed by atoms with Crippen molar-refractivity contribution in [1.82, 2.24) is 0 Å². The first-order valence-corrected chi connectivity index (χ1v) is 14.9. The van der Waals surface area contributed by atoms with Crippen LogP contribution >= 0.6 is 27.0 Å². The Hall–Kier alpha value is -1.57. The van der Waals surface area contributed by atoms with Gasteiger partial charge in [0.15, 0.2) is 5.40 Å². The summed E-state index contributed by atoms with van der Waals surface area (Å²) >= 11 is 1.23. The summed E-state index contributed by atoms with van der Waals surface area (Å²) in [6, 6.07) is 12.3. The maximum atomic E-state index is 11.4. The third-order valence-corrected chi connectivity index (χ3v) is 10.2. The molecule has 11 heteroatoms. The predicted octanol–water partition coefficient (Wildman–Crippen LogP) is 5.13. The fraction of sp³-hybridized carbons (Fsp3) is 0.364. The molecule has 0 aliphatic carbocycles. The van der Waals surface area contributed by atoms with Gasteiger partial charge in [-0.2, -0.15) is 11.8 Å². The fourth-order valence-electron chi connectivity index (χ4n) is 3.64. The van der Waals surface area contributed by atoms with Gasteiger partial charge in [0.2, 0.25) is 0 Å². The summed E-state index contributed by atoms with van der Waals surface area (Å²) < 4.78 is 22.8. The van der Waals surface area contributed by atoms with Gasteiger partial charge in [0.1, 0.15) is 11.5 Å². The fourth-order valence-corrected chi connectivity index (χ4v) is 7.48. The number of rotatable bonds is 11. The predicted molar refractivity (Wildman–Crippen MR) is 132 cm³/mol. The second kappa shape index (κ2) is 11.7. The van der Waals surface area contributed by atoms with Crippen molar-refractivity contribution < 1.29 is 38.9 Å². The number of allylic oxidation sites excluding steroid dienone is 2. The second-order valence-corrected chi connectivity index (χ2v) is 12.7. The van der Waals surface area contributed by atoms with Crippen molar-refractivity contribution in [2.75, 3.05) is 5.75 Å². The molecular formula is C22H30O8P2S. The molecule has 0 fully saturated rings. The largest absolute Gasteiger partial charge is 0.508 e. The molecule has 0 amide bonds. The molecule has 0 bridgehead atoms. The maximum absolute atomic E-state index is 11.4. The van der Waals surface area contributed by atoms with Crippen molar-refractivity contribution in [1.29, 1.82) is 0 Å². The van der Waals surface area contributed by atoms with Crippen LogP contribution in [0.5, 0.6) is 11.5 Å². The zero-order valence-corrected chi connectivity index (χ0v) is 21.1. The number of hydrogen-bond donors (Lipinski definition) is 6. The van der Waals surface area contributed by atoms with E-state index in [9.17, 15) is 38.9 Å². The van der Waals surface area contributed by atoms with Crippen LogP contribution in [0.1, 0.15) is 49.8 Å². The van der Waals surface area contributed by atoms with Crippen LogP contribution in [-0.2, 0) is 14.9 Å². The standard InChI is InChI=1S/C22H30O8P2S/c1-3-19(15-5-8-18(23)9-6-15)20(4-2)16-7-10-21(24)17(13-16)14-33-12-11-22(31(25,26)27)32(28,29)30/h5-10,13,22-24H,3-4,11-12,14H2,1-2H3,(H2,25,26,27)(H2,28,29,30)/b20-19+. The molecule has 2 aromatic rings. The average Bonchev–Trinajstić information content (AvgIpc) is 2.72. The summed E-state index contributed by atoms with van der Waals surface area (Å²) in [4.78, 5) is 36.9. The molecule has 33 heavy (non-hydrogen) atoms. The topological polar surface area (TPSA) is 156 Å². The smallest absolute Gasteiger partial charge is 0.340 e. The van der Waals surface area contributed by atoms with Crippen molar-refractivity contribution in [3.8, 4) is 11.5 Å². The van der Waals surface area contributed by atoms with Crippen LogP contribution in [0.25, 0.3) is 11.1 Å². The van der Waals surface area contributed by atoms with E-state index in [2.05, 4.69) is 0 Å². The molecular weight excluding hydrogens is 486 g/mol. The van der Waals surface area contributed by atoms with Crippen LogP contribution in [0.3, 0.4) is 0 Å². The van der Waals surface area contributed by atoms with Crippen LogP contribution in [0, 0.1) is 0 Å². The van der Waals surface area contributed by atoms with E-state index in [0.717, 1.165) is 35.1 Å². The first-order valence-electron chi connectivity index (χ1n) is 10.4. The minimum Gasteiger partial charge on any atom is -0.508 e. The Morgan fingerprint density at radius 1 is 0.848 bits per heavy atom. The Balaban J connectivity index is 2.23. The van der Waals surface area contributed by atoms with Crippen molar-refractivity contribution >= 4 is 38.1 Å². The Bertz CT molecular complexity index is 1050. The molecule has 182 valence electrons. The van der Waals surface area contributed by atoms with E-state index >= 15 is 0 Å². The number of hydrogen-bond acceptors (Lipinski definition) is 5. The molecule has 0 spiro atoms. The van der Waals surface area contributed by atoms with Gasteiger partial charge in [0.05, 0.1) is 0 Å². The SMILES string of the molecule is CC/C(=C(/CC)c1ccc(O)c(CSCCC(P(=O)(O)O)P(=O)(O)O)c1)c1ccc(O)cc1. The van der Waals surface area contributed by atoms with Gasteiger partial charge in [0, 0.05) is 11.3 Å². The Morgan fingerprint density at radius 3 is 1.88 bits per heavy atom. The van der Waals surface area contributed by atoms with Crippen LogP contribution < -0.4 is 0 Å². The van der Waals surface area contributed by atoms with Crippen molar-refractivity contribution in [3.05, 3.63) is 59.2 Å². The zero-order chi connectivity index (χ0) is 24.8. The van der Waals surface area contributed by atoms with E-state index < -0.39 is 20.6 Å². The lowest BCUT2D eigenvalue weighted by molar-refractivity contribution is 0.337. The van der Waals surface area contributed by atoms with E-state index in [4.69, 9.17) is 0 Å². The van der Waals surface area contributed by atoms with Gasteiger partial charge in [-0.05, 0) is 71.6 Å². The number of phenolic OH excluding ortho intramolecular Hbond substituents is 2. The molecule has 0 atom stereocenters. The van der Waals surface area contributed by atoms with Gasteiger partial charge in [-0.25, -0.2) is 0 Å². The monoisotopic (exact) mass is 516 g/mol. The van der Waals surface area contributed by atoms with Gasteiger partial charge in [-0.1, -0.05) is 32.0 Å². The van der Waals surface area contributed by atoms with Crippen molar-refractivity contribution in [2.45, 2.75) is 44.3 Å². The highest BCUT2D eigenvalue weighted by Crippen LogP contribution is 2.61. The summed E-state index contributed by atoms with van der Waals surface area (Å²) in [7, 11) is -9.88. The van der Waals surface area contributed by atoms with Crippen LogP contribution in [0.2, 0.25) is 0 Å². The minimum absolute atomic E-state index is 0.0749. The molecule has 0 saturated heterocycles. The van der Waals surface area contributed by atoms with Crippen molar-refractivity contribution in [3.63, 3.8) is 0 Å². The number of thioether (sulfide) groups is 1. The Morgan fingerprint density at radius 2 is 1.36 bits per heavy atom. The summed E-state index contributed by atoms with van der Waals surface area (Å²) in [6.07, 6.45) is 1.17. The zero-order valence-electron chi connectivity index (χ0n) is 18.5. The van der Waals surface area contributed by atoms with E-state index in [1.165, 1.54) is 11.8 Å². The molecule has 0 aliphatic heterocycles. The summed E-state index contributed by atoms with van der Waals surface area (Å²) in [5.74, 6) is 0.683. The number of aromatic hydroxyl groups is 2. The van der Waals surface area contributed by atoms with Gasteiger partial charge >= 0.3 is 15.2 Å². The molecule has 0 aliphatic rings. The van der Waals surface area contributed by atoms with E-state index in [0.29, 0.717) is 11.3 Å². The first-order chi connectivity index (χ1) is 15.4. The third kappa shape index (κ3) is 7.72. The van der Waals surface area contributed by atoms with Gasteiger partial charge in [-0.3, -0.25) is 9.13 Å². The number of phenols is 2. The van der Waals surface area contributed by atoms with E-state index in [1.54, 1.807) is 18.2 Å². The number of benzene rings is 2. The minimum atomic E-state index is -4.94. The highest BCUT2D eigenvalue weighted by molar-refractivity contribution is 7.98. The van der Waals surface area contributed by atoms with Gasteiger partial charge < -0.3 is 29.8 Å². The lowest BCUT2D eigenvalue weighted by Gasteiger charge is -2.19. The quantitative estimate of drug-likeness (QED) is 0.135. The third-order valence-electron chi connectivity index (χ3n) is 5.27. The molecule has 0 unspecified atom stereocenters. The normalized spacial score (nSPS) is 13.3. The summed E-state index contributed by atoms with van der Waals surface area (Å²) in [5, 5.41) is 17.9. The van der Waals surface area contributed by atoms with Crippen LogP contribution in [-0.4, -0.2) is 40.9 Å². The van der Waals surface area contributed by atoms with E-state index in [-0.39, 0.29) is 23.7 Å². The first kappa shape index (κ1) is 27.7. The van der Waals surface area contributed by atoms with Crippen molar-refractivity contribution in [2.24, 2.45) is 0 Å². The second-order valence-electron chi connectivity index (χ2n) is 7.55. The molecule has 0 saturated carbocycles. The summed E-state index contributed by atoms with van der Waals surface area (Å²) in [5.41, 5.74) is 4.76. The van der Waals surface area contributed by atoms with Crippen LogP contribution in [0.4, 0.5) is 0 Å². The lowest BCUT2D eigenvalue weighted by Crippen LogP contribution is -2.10. The highest BCUT2D eigenvalue weighted by Gasteiger charge is 2.42. The van der Waals surface area contributed by atoms with E-state index in [1.807, 2.05) is 38.1 Å². The maximum Gasteiger partial charge on any atom is 0.340 e. The molecule has 0 aromatic heterocycles. The molecule has 0 heterocycles. The molecule has 6 N–H and O–H groups in total. The van der Waals surface area contributed by atoms with Crippen LogP contribution in [0.15, 0.2) is 42.5 Å². The Kier molecular flexibility index (Phi) is 9.82. The van der Waals surface area contributed by atoms with Gasteiger partial charge in [0.25, 0.3) is 0 Å².